The molecule has 0 rings (SSSR count). The summed E-state index contributed by atoms with van der Waals surface area (Å²) in [7, 11) is 0. The number of halogens is 1. The van der Waals surface area contributed by atoms with Crippen molar-refractivity contribution in [2.24, 2.45) is 0 Å². The van der Waals surface area contributed by atoms with E-state index in [9.17, 15) is 4.79 Å². The third kappa shape index (κ3) is 6.15. The summed E-state index contributed by atoms with van der Waals surface area (Å²) in [6.07, 6.45) is 4.06. The number of hydrogen-bond acceptors (Lipinski definition) is 1. The Morgan fingerprint density at radius 2 is 2.12 bits per heavy atom. The lowest BCUT2D eigenvalue weighted by Gasteiger charge is -1.89. The maximum Gasteiger partial charge on any atom is 0.197 e. The number of unbranched alkanes of at least 4 members (excludes halogenated alkanes) is 2. The molecular weight excluding hydrogens is 168 g/mol. The summed E-state index contributed by atoms with van der Waals surface area (Å²) in [6.45, 7) is 2.12. The fraction of sp³-hybridized carbons (Fsp3) is 0.833. The minimum atomic E-state index is 0.131. The summed E-state index contributed by atoms with van der Waals surface area (Å²) in [4.78, 5) is 10.2. The van der Waals surface area contributed by atoms with Gasteiger partial charge in [-0.05, 0) is 22.4 Å². The van der Waals surface area contributed by atoms with Crippen LogP contribution in [0.3, 0.4) is 0 Å². The average molecular weight is 179 g/mol. The molecule has 0 aliphatic heterocycles. The topological polar surface area (TPSA) is 17.1 Å². The largest absolute Gasteiger partial charge is 0.287 e. The van der Waals surface area contributed by atoms with E-state index in [1.165, 1.54) is 6.42 Å². The SMILES string of the molecule is CCCCCC(=O)Br. The molecule has 0 radical (unpaired) electrons. The van der Waals surface area contributed by atoms with Gasteiger partial charge in [0, 0.05) is 6.42 Å². The molecule has 0 saturated heterocycles. The van der Waals surface area contributed by atoms with Gasteiger partial charge in [-0.25, -0.2) is 0 Å². The lowest BCUT2D eigenvalue weighted by atomic mass is 10.2. The molecule has 0 fully saturated rings. The minimum absolute atomic E-state index is 0.131. The number of carbonyl (C=O) groups excluding carboxylic acids is 1. The summed E-state index contributed by atoms with van der Waals surface area (Å²) >= 11 is 2.87. The second kappa shape index (κ2) is 5.29. The van der Waals surface area contributed by atoms with E-state index < -0.39 is 0 Å². The summed E-state index contributed by atoms with van der Waals surface area (Å²) in [5.74, 6) is 0. The molecule has 0 spiro atoms. The Labute approximate surface area is 58.6 Å². The highest BCUT2D eigenvalue weighted by Crippen LogP contribution is 2.01. The zero-order valence-corrected chi connectivity index (χ0v) is 6.70. The maximum absolute atomic E-state index is 10.2. The first kappa shape index (κ1) is 8.15. The van der Waals surface area contributed by atoms with Gasteiger partial charge in [-0.1, -0.05) is 19.8 Å². The molecule has 0 aromatic rings. The van der Waals surface area contributed by atoms with E-state index in [2.05, 4.69) is 22.9 Å². The molecule has 0 heterocycles. The molecule has 2 heteroatoms. The second-order valence-electron chi connectivity index (χ2n) is 1.81. The monoisotopic (exact) mass is 178 g/mol. The van der Waals surface area contributed by atoms with Gasteiger partial charge in [0.25, 0.3) is 0 Å². The van der Waals surface area contributed by atoms with Gasteiger partial charge in [-0.3, -0.25) is 4.79 Å². The molecule has 0 aliphatic carbocycles. The number of hydrogen-bond donors (Lipinski definition) is 0. The van der Waals surface area contributed by atoms with E-state index in [-0.39, 0.29) is 4.69 Å². The normalized spacial score (nSPS) is 9.25. The average Bonchev–Trinajstić information content (AvgIpc) is 1.66. The third-order valence-electron chi connectivity index (χ3n) is 0.977. The Balaban J connectivity index is 2.82. The van der Waals surface area contributed by atoms with Crippen LogP contribution < -0.4 is 0 Å². The predicted molar refractivity (Wildman–Crippen MR) is 38.1 cm³/mol. The predicted octanol–water partition coefficient (Wildman–Crippen LogP) is 2.49. The van der Waals surface area contributed by atoms with Gasteiger partial charge in [-0.2, -0.15) is 0 Å². The van der Waals surface area contributed by atoms with Crippen molar-refractivity contribution in [1.82, 2.24) is 0 Å². The molecule has 0 saturated carbocycles. The summed E-state index contributed by atoms with van der Waals surface area (Å²) in [5, 5.41) is 0. The smallest absolute Gasteiger partial charge is 0.197 e. The van der Waals surface area contributed by atoms with Crippen LogP contribution in [0.1, 0.15) is 32.6 Å². The van der Waals surface area contributed by atoms with Gasteiger partial charge < -0.3 is 0 Å². The van der Waals surface area contributed by atoms with E-state index in [1.807, 2.05) is 0 Å². The van der Waals surface area contributed by atoms with Crippen LogP contribution in [0, 0.1) is 0 Å². The number of carbonyl (C=O) groups is 1. The highest BCUT2D eigenvalue weighted by molar-refractivity contribution is 9.18. The van der Waals surface area contributed by atoms with Crippen LogP contribution in [0.15, 0.2) is 0 Å². The maximum atomic E-state index is 10.2. The van der Waals surface area contributed by atoms with Gasteiger partial charge in [-0.15, -0.1) is 0 Å². The lowest BCUT2D eigenvalue weighted by molar-refractivity contribution is -0.110. The quantitative estimate of drug-likeness (QED) is 0.478. The van der Waals surface area contributed by atoms with E-state index in [1.54, 1.807) is 0 Å². The summed E-state index contributed by atoms with van der Waals surface area (Å²) in [5.41, 5.74) is 0. The van der Waals surface area contributed by atoms with Crippen LogP contribution in [-0.2, 0) is 4.79 Å². The molecular formula is C6H11BrO. The fourth-order valence-electron chi connectivity index (χ4n) is 0.514. The molecule has 0 bridgehead atoms. The second-order valence-corrected chi connectivity index (χ2v) is 2.70. The minimum Gasteiger partial charge on any atom is -0.287 e. The van der Waals surface area contributed by atoms with Crippen LogP contribution in [0.2, 0.25) is 0 Å². The summed E-state index contributed by atoms with van der Waals surface area (Å²) < 4.78 is 0.131. The van der Waals surface area contributed by atoms with Crippen LogP contribution >= 0.6 is 15.9 Å². The molecule has 0 amide bonds. The molecule has 0 unspecified atom stereocenters. The van der Waals surface area contributed by atoms with E-state index in [4.69, 9.17) is 0 Å². The Morgan fingerprint density at radius 1 is 1.50 bits per heavy atom. The van der Waals surface area contributed by atoms with Crippen molar-refractivity contribution in [2.75, 3.05) is 0 Å². The number of rotatable bonds is 4. The first-order valence-electron chi connectivity index (χ1n) is 2.95. The fourth-order valence-corrected chi connectivity index (χ4v) is 0.794. The zero-order chi connectivity index (χ0) is 6.41. The van der Waals surface area contributed by atoms with Gasteiger partial charge in [0.1, 0.15) is 0 Å². The van der Waals surface area contributed by atoms with Crippen molar-refractivity contribution in [3.8, 4) is 0 Å². The van der Waals surface area contributed by atoms with Crippen molar-refractivity contribution < 1.29 is 4.79 Å². The molecule has 48 valence electrons. The van der Waals surface area contributed by atoms with Gasteiger partial charge in [0.15, 0.2) is 4.69 Å². The van der Waals surface area contributed by atoms with Crippen molar-refractivity contribution in [3.63, 3.8) is 0 Å². The third-order valence-corrected chi connectivity index (χ3v) is 1.37. The first-order valence-corrected chi connectivity index (χ1v) is 3.75. The van der Waals surface area contributed by atoms with Gasteiger partial charge in [0.2, 0.25) is 0 Å². The van der Waals surface area contributed by atoms with Crippen molar-refractivity contribution in [2.45, 2.75) is 32.6 Å². The molecule has 8 heavy (non-hydrogen) atoms. The Morgan fingerprint density at radius 3 is 2.50 bits per heavy atom. The Bertz CT molecular complexity index is 70.9. The van der Waals surface area contributed by atoms with Crippen LogP contribution in [0.25, 0.3) is 0 Å². The standard InChI is InChI=1S/C6H11BrO/c1-2-3-4-5-6(7)8/h2-5H2,1H3. The molecule has 0 aromatic carbocycles. The molecule has 0 aromatic heterocycles. The van der Waals surface area contributed by atoms with Gasteiger partial charge >= 0.3 is 0 Å². The highest BCUT2D eigenvalue weighted by atomic mass is 79.9. The molecule has 1 nitrogen and oxygen atoms in total. The molecule has 0 aliphatic rings. The lowest BCUT2D eigenvalue weighted by Crippen LogP contribution is -1.83. The van der Waals surface area contributed by atoms with Gasteiger partial charge in [0.05, 0.1) is 0 Å². The van der Waals surface area contributed by atoms with Crippen LogP contribution in [0.4, 0.5) is 0 Å². The van der Waals surface area contributed by atoms with Crippen LogP contribution in [0.5, 0.6) is 0 Å². The Hall–Kier alpha value is 0.150. The first-order chi connectivity index (χ1) is 3.77. The summed E-state index contributed by atoms with van der Waals surface area (Å²) in [6, 6.07) is 0. The molecule has 0 atom stereocenters. The van der Waals surface area contributed by atoms with E-state index in [0.29, 0.717) is 6.42 Å². The van der Waals surface area contributed by atoms with Crippen LogP contribution in [-0.4, -0.2) is 4.69 Å². The van der Waals surface area contributed by atoms with Crippen molar-refractivity contribution in [1.29, 1.82) is 0 Å². The Kier molecular flexibility index (Phi) is 5.39. The van der Waals surface area contributed by atoms with E-state index >= 15 is 0 Å². The molecule has 0 N–H and O–H groups in total. The van der Waals surface area contributed by atoms with E-state index in [0.717, 1.165) is 12.8 Å². The van der Waals surface area contributed by atoms with Crippen molar-refractivity contribution in [3.05, 3.63) is 0 Å². The zero-order valence-electron chi connectivity index (χ0n) is 5.11. The van der Waals surface area contributed by atoms with Crippen molar-refractivity contribution >= 4 is 20.6 Å². The highest BCUT2D eigenvalue weighted by Gasteiger charge is 1.91.